The van der Waals surface area contributed by atoms with Gasteiger partial charge in [-0.25, -0.2) is 9.97 Å². The average molecular weight is 290 g/mol. The Balaban J connectivity index is 2.16. The van der Waals surface area contributed by atoms with Crippen molar-refractivity contribution in [1.82, 2.24) is 24.3 Å². The molecule has 3 aromatic rings. The first-order valence-corrected chi connectivity index (χ1v) is 6.93. The van der Waals surface area contributed by atoms with E-state index in [2.05, 4.69) is 19.6 Å². The maximum absolute atomic E-state index is 6.27. The number of fused-ring (bicyclic) bond motifs is 1. The molecule has 0 aliphatic rings. The van der Waals surface area contributed by atoms with E-state index >= 15 is 0 Å². The van der Waals surface area contributed by atoms with Crippen LogP contribution >= 0.6 is 11.6 Å². The molecule has 0 radical (unpaired) electrons. The van der Waals surface area contributed by atoms with Gasteiger partial charge in [0.25, 0.3) is 0 Å². The van der Waals surface area contributed by atoms with E-state index < -0.39 is 0 Å². The van der Waals surface area contributed by atoms with Crippen molar-refractivity contribution in [3.05, 3.63) is 41.6 Å². The monoisotopic (exact) mass is 289 g/mol. The predicted octanol–water partition coefficient (Wildman–Crippen LogP) is 2.82. The third-order valence-electron chi connectivity index (χ3n) is 3.32. The maximum atomic E-state index is 6.27. The molecule has 104 valence electrons. The summed E-state index contributed by atoms with van der Waals surface area (Å²) in [7, 11) is 1.91. The molecule has 0 bridgehead atoms. The second-order valence-electron chi connectivity index (χ2n) is 4.99. The maximum Gasteiger partial charge on any atom is 0.160 e. The van der Waals surface area contributed by atoms with E-state index in [-0.39, 0.29) is 5.38 Å². The fourth-order valence-electron chi connectivity index (χ4n) is 2.35. The Bertz CT molecular complexity index is 756. The Morgan fingerprint density at radius 3 is 2.85 bits per heavy atom. The quantitative estimate of drug-likeness (QED) is 0.697. The van der Waals surface area contributed by atoms with Crippen LogP contribution < -0.4 is 0 Å². The van der Waals surface area contributed by atoms with Crippen molar-refractivity contribution in [2.24, 2.45) is 7.05 Å². The normalized spacial score (nSPS) is 13.0. The molecule has 0 saturated carbocycles. The molecule has 0 saturated heterocycles. The van der Waals surface area contributed by atoms with Gasteiger partial charge < -0.3 is 4.57 Å². The van der Waals surface area contributed by atoms with Crippen molar-refractivity contribution in [3.63, 3.8) is 0 Å². The molecule has 5 nitrogen and oxygen atoms in total. The molecular weight excluding hydrogens is 274 g/mol. The fourth-order valence-corrected chi connectivity index (χ4v) is 2.52. The number of imidazole rings is 1. The van der Waals surface area contributed by atoms with Crippen molar-refractivity contribution in [2.75, 3.05) is 0 Å². The minimum atomic E-state index is -0.166. The van der Waals surface area contributed by atoms with Crippen LogP contribution in [0.1, 0.15) is 29.3 Å². The van der Waals surface area contributed by atoms with E-state index in [0.29, 0.717) is 6.54 Å². The van der Waals surface area contributed by atoms with Gasteiger partial charge in [0.2, 0.25) is 0 Å². The predicted molar refractivity (Wildman–Crippen MR) is 78.8 cm³/mol. The molecule has 3 heterocycles. The van der Waals surface area contributed by atoms with Crippen LogP contribution in [0.15, 0.2) is 24.7 Å². The third kappa shape index (κ3) is 2.18. The van der Waals surface area contributed by atoms with E-state index in [1.807, 2.05) is 45.6 Å². The van der Waals surface area contributed by atoms with Crippen LogP contribution in [0, 0.1) is 6.92 Å². The zero-order valence-corrected chi connectivity index (χ0v) is 12.5. The van der Waals surface area contributed by atoms with Gasteiger partial charge in [-0.1, -0.05) is 0 Å². The molecule has 6 heteroatoms. The number of halogens is 1. The molecule has 0 aromatic carbocycles. The molecule has 1 unspecified atom stereocenters. The molecule has 0 spiro atoms. The molecule has 0 N–H and O–H groups in total. The number of pyridine rings is 1. The number of hydrogen-bond donors (Lipinski definition) is 0. The first kappa shape index (κ1) is 13.1. The van der Waals surface area contributed by atoms with E-state index in [0.717, 1.165) is 28.1 Å². The standard InChI is InChI=1S/C14H16ClN5/c1-9-4-5-16-14-12(9)18-13(10(2)15)20(14)8-11-6-17-19(3)7-11/h4-7,10H,8H2,1-3H3. The lowest BCUT2D eigenvalue weighted by Crippen LogP contribution is -2.06. The smallest absolute Gasteiger partial charge is 0.160 e. The van der Waals surface area contributed by atoms with Gasteiger partial charge in [-0.2, -0.15) is 5.10 Å². The van der Waals surface area contributed by atoms with Gasteiger partial charge in [-0.05, 0) is 25.5 Å². The van der Waals surface area contributed by atoms with Gasteiger partial charge in [-0.3, -0.25) is 4.68 Å². The zero-order chi connectivity index (χ0) is 14.3. The molecule has 0 aliphatic carbocycles. The Morgan fingerprint density at radius 2 is 2.20 bits per heavy atom. The molecule has 3 rings (SSSR count). The van der Waals surface area contributed by atoms with Gasteiger partial charge in [0.15, 0.2) is 5.65 Å². The van der Waals surface area contributed by atoms with Crippen molar-refractivity contribution >= 4 is 22.8 Å². The minimum absolute atomic E-state index is 0.166. The zero-order valence-electron chi connectivity index (χ0n) is 11.7. The van der Waals surface area contributed by atoms with Crippen molar-refractivity contribution < 1.29 is 0 Å². The SMILES string of the molecule is Cc1ccnc2c1nc(C(C)Cl)n2Cc1cnn(C)c1. The lowest BCUT2D eigenvalue weighted by Gasteiger charge is -2.08. The number of aromatic nitrogens is 5. The molecule has 0 amide bonds. The molecule has 20 heavy (non-hydrogen) atoms. The van der Waals surface area contributed by atoms with Crippen LogP contribution in [0.5, 0.6) is 0 Å². The lowest BCUT2D eigenvalue weighted by molar-refractivity contribution is 0.732. The molecule has 0 aliphatic heterocycles. The van der Waals surface area contributed by atoms with Gasteiger partial charge in [-0.15, -0.1) is 11.6 Å². The molecule has 3 aromatic heterocycles. The Morgan fingerprint density at radius 1 is 1.40 bits per heavy atom. The summed E-state index contributed by atoms with van der Waals surface area (Å²) in [4.78, 5) is 9.12. The van der Waals surface area contributed by atoms with Crippen molar-refractivity contribution in [1.29, 1.82) is 0 Å². The third-order valence-corrected chi connectivity index (χ3v) is 3.52. The van der Waals surface area contributed by atoms with Gasteiger partial charge in [0.1, 0.15) is 11.3 Å². The van der Waals surface area contributed by atoms with Crippen molar-refractivity contribution in [2.45, 2.75) is 25.8 Å². The molecule has 0 fully saturated rings. The van der Waals surface area contributed by atoms with Gasteiger partial charge in [0.05, 0.1) is 18.1 Å². The highest BCUT2D eigenvalue weighted by atomic mass is 35.5. The van der Waals surface area contributed by atoms with Crippen LogP contribution in [0.3, 0.4) is 0 Å². The number of rotatable bonds is 3. The van der Waals surface area contributed by atoms with Crippen LogP contribution in [0.4, 0.5) is 0 Å². The van der Waals surface area contributed by atoms with E-state index in [1.54, 1.807) is 4.68 Å². The summed E-state index contributed by atoms with van der Waals surface area (Å²) < 4.78 is 3.86. The van der Waals surface area contributed by atoms with E-state index in [1.165, 1.54) is 0 Å². The second-order valence-corrected chi connectivity index (χ2v) is 5.65. The number of aryl methyl sites for hydroxylation is 2. The van der Waals surface area contributed by atoms with Crippen LogP contribution in [0.2, 0.25) is 0 Å². The first-order valence-electron chi connectivity index (χ1n) is 6.49. The summed E-state index contributed by atoms with van der Waals surface area (Å²) >= 11 is 6.27. The summed E-state index contributed by atoms with van der Waals surface area (Å²) in [5.74, 6) is 0.840. The summed E-state index contributed by atoms with van der Waals surface area (Å²) in [5.41, 5.74) is 4.00. The highest BCUT2D eigenvalue weighted by Crippen LogP contribution is 2.25. The lowest BCUT2D eigenvalue weighted by atomic mass is 10.3. The largest absolute Gasteiger partial charge is 0.307 e. The second kappa shape index (κ2) is 4.90. The van der Waals surface area contributed by atoms with Gasteiger partial charge in [0, 0.05) is 25.0 Å². The summed E-state index contributed by atoms with van der Waals surface area (Å²) in [5, 5.41) is 4.03. The van der Waals surface area contributed by atoms with Gasteiger partial charge >= 0.3 is 0 Å². The Kier molecular flexibility index (Phi) is 3.22. The summed E-state index contributed by atoms with van der Waals surface area (Å²) in [6.45, 7) is 4.64. The Labute approximate surface area is 122 Å². The number of alkyl halides is 1. The topological polar surface area (TPSA) is 48.5 Å². The number of hydrogen-bond acceptors (Lipinski definition) is 3. The summed E-state index contributed by atoms with van der Waals surface area (Å²) in [6, 6.07) is 1.96. The highest BCUT2D eigenvalue weighted by molar-refractivity contribution is 6.20. The molecular formula is C14H16ClN5. The highest BCUT2D eigenvalue weighted by Gasteiger charge is 2.17. The van der Waals surface area contributed by atoms with Crippen LogP contribution in [-0.4, -0.2) is 24.3 Å². The number of nitrogens with zero attached hydrogens (tertiary/aromatic N) is 5. The first-order chi connectivity index (χ1) is 9.56. The fraction of sp³-hybridized carbons (Fsp3) is 0.357. The molecule has 1 atom stereocenters. The van der Waals surface area contributed by atoms with E-state index in [4.69, 9.17) is 11.6 Å². The summed E-state index contributed by atoms with van der Waals surface area (Å²) in [6.07, 6.45) is 5.65. The van der Waals surface area contributed by atoms with Crippen LogP contribution in [-0.2, 0) is 13.6 Å². The average Bonchev–Trinajstić information content (AvgIpc) is 2.96. The van der Waals surface area contributed by atoms with Crippen molar-refractivity contribution in [3.8, 4) is 0 Å². The Hall–Kier alpha value is -1.88. The van der Waals surface area contributed by atoms with E-state index in [9.17, 15) is 0 Å². The minimum Gasteiger partial charge on any atom is -0.307 e. The van der Waals surface area contributed by atoms with Crippen LogP contribution in [0.25, 0.3) is 11.2 Å².